The van der Waals surface area contributed by atoms with Gasteiger partial charge in [-0.15, -0.1) is 0 Å². The molecule has 0 aromatic carbocycles. The van der Waals surface area contributed by atoms with E-state index in [0.717, 1.165) is 43.8 Å². The zero-order chi connectivity index (χ0) is 14.8. The Bertz CT molecular complexity index is 630. The second-order valence-corrected chi connectivity index (χ2v) is 7.82. The molecular weight excluding hydrogens is 294 g/mol. The fraction of sp³-hybridized carbons (Fsp3) is 0.647. The highest BCUT2D eigenvalue weighted by Crippen LogP contribution is 2.29. The Labute approximate surface area is 135 Å². The SMILES string of the molecule is c1cnc2c(c1)nc(CC1CCOC1)n2CC1CCCCS1. The van der Waals surface area contributed by atoms with Crippen molar-refractivity contribution >= 4 is 22.9 Å². The molecule has 4 nitrogen and oxygen atoms in total. The summed E-state index contributed by atoms with van der Waals surface area (Å²) in [6.07, 6.45) is 8.13. The van der Waals surface area contributed by atoms with E-state index in [0.29, 0.717) is 11.2 Å². The lowest BCUT2D eigenvalue weighted by atomic mass is 10.0. The lowest BCUT2D eigenvalue weighted by Gasteiger charge is -2.23. The van der Waals surface area contributed by atoms with Crippen molar-refractivity contribution in [3.05, 3.63) is 24.2 Å². The van der Waals surface area contributed by atoms with Crippen molar-refractivity contribution in [3.8, 4) is 0 Å². The number of nitrogens with zero attached hydrogens (tertiary/aromatic N) is 3. The van der Waals surface area contributed by atoms with Crippen LogP contribution in [0.2, 0.25) is 0 Å². The second kappa shape index (κ2) is 6.59. The third kappa shape index (κ3) is 3.01. The monoisotopic (exact) mass is 317 g/mol. The molecule has 0 bridgehead atoms. The minimum atomic E-state index is 0.620. The first-order valence-electron chi connectivity index (χ1n) is 8.39. The number of thioether (sulfide) groups is 1. The molecule has 2 aliphatic heterocycles. The molecule has 0 aliphatic carbocycles. The molecule has 2 aliphatic rings. The maximum absolute atomic E-state index is 5.54. The van der Waals surface area contributed by atoms with E-state index in [9.17, 15) is 0 Å². The van der Waals surface area contributed by atoms with Crippen molar-refractivity contribution in [2.75, 3.05) is 19.0 Å². The van der Waals surface area contributed by atoms with Gasteiger partial charge in [0.05, 0.1) is 0 Å². The second-order valence-electron chi connectivity index (χ2n) is 6.41. The molecule has 4 rings (SSSR count). The van der Waals surface area contributed by atoms with Crippen molar-refractivity contribution in [1.82, 2.24) is 14.5 Å². The van der Waals surface area contributed by atoms with Crippen LogP contribution in [0.15, 0.2) is 18.3 Å². The molecule has 0 spiro atoms. The number of fused-ring (bicyclic) bond motifs is 1. The van der Waals surface area contributed by atoms with Crippen LogP contribution in [0.25, 0.3) is 11.2 Å². The molecule has 0 amide bonds. The Morgan fingerprint density at radius 2 is 2.32 bits per heavy atom. The molecule has 2 aromatic rings. The van der Waals surface area contributed by atoms with Crippen LogP contribution in [0.1, 0.15) is 31.5 Å². The smallest absolute Gasteiger partial charge is 0.160 e. The summed E-state index contributed by atoms with van der Waals surface area (Å²) in [4.78, 5) is 9.48. The lowest BCUT2D eigenvalue weighted by molar-refractivity contribution is 0.185. The van der Waals surface area contributed by atoms with Crippen LogP contribution in [0.3, 0.4) is 0 Å². The van der Waals surface area contributed by atoms with Crippen LogP contribution in [-0.4, -0.2) is 38.8 Å². The van der Waals surface area contributed by atoms with Gasteiger partial charge in [0.25, 0.3) is 0 Å². The standard InChI is InChI=1S/C17H23N3OS/c1-2-9-22-14(4-1)11-20-16(10-13-6-8-21-12-13)19-15-5-3-7-18-17(15)20/h3,5,7,13-14H,1-2,4,6,8-12H2. The van der Waals surface area contributed by atoms with Crippen molar-refractivity contribution in [3.63, 3.8) is 0 Å². The predicted molar refractivity (Wildman–Crippen MR) is 90.3 cm³/mol. The molecular formula is C17H23N3OS. The molecule has 0 radical (unpaired) electrons. The number of rotatable bonds is 4. The van der Waals surface area contributed by atoms with Gasteiger partial charge in [0.15, 0.2) is 5.65 Å². The van der Waals surface area contributed by atoms with E-state index >= 15 is 0 Å². The maximum atomic E-state index is 5.54. The largest absolute Gasteiger partial charge is 0.381 e. The van der Waals surface area contributed by atoms with Gasteiger partial charge < -0.3 is 9.30 Å². The van der Waals surface area contributed by atoms with E-state index in [4.69, 9.17) is 9.72 Å². The summed E-state index contributed by atoms with van der Waals surface area (Å²) in [5.74, 6) is 3.13. The molecule has 22 heavy (non-hydrogen) atoms. The zero-order valence-corrected chi connectivity index (χ0v) is 13.7. The van der Waals surface area contributed by atoms with E-state index in [2.05, 4.69) is 27.4 Å². The Morgan fingerprint density at radius 3 is 3.14 bits per heavy atom. The van der Waals surface area contributed by atoms with E-state index in [1.54, 1.807) is 0 Å². The molecule has 0 saturated carbocycles. The van der Waals surface area contributed by atoms with Crippen molar-refractivity contribution < 1.29 is 4.74 Å². The Balaban J connectivity index is 1.63. The fourth-order valence-corrected chi connectivity index (χ4v) is 4.80. The molecule has 4 heterocycles. The summed E-state index contributed by atoms with van der Waals surface area (Å²) in [6.45, 7) is 2.84. The molecule has 2 atom stereocenters. The molecule has 2 fully saturated rings. The van der Waals surface area contributed by atoms with Crippen LogP contribution < -0.4 is 0 Å². The lowest BCUT2D eigenvalue weighted by Crippen LogP contribution is -2.20. The summed E-state index contributed by atoms with van der Waals surface area (Å²) < 4.78 is 7.92. The maximum Gasteiger partial charge on any atom is 0.160 e. The third-order valence-electron chi connectivity index (χ3n) is 4.74. The van der Waals surface area contributed by atoms with Crippen molar-refractivity contribution in [2.45, 2.75) is 43.9 Å². The number of hydrogen-bond acceptors (Lipinski definition) is 4. The van der Waals surface area contributed by atoms with Crippen LogP contribution in [0, 0.1) is 5.92 Å². The van der Waals surface area contributed by atoms with Gasteiger partial charge in [-0.05, 0) is 43.1 Å². The van der Waals surface area contributed by atoms with Gasteiger partial charge >= 0.3 is 0 Å². The highest BCUT2D eigenvalue weighted by molar-refractivity contribution is 7.99. The van der Waals surface area contributed by atoms with Crippen molar-refractivity contribution in [2.24, 2.45) is 5.92 Å². The van der Waals surface area contributed by atoms with Crippen LogP contribution in [0.4, 0.5) is 0 Å². The zero-order valence-electron chi connectivity index (χ0n) is 12.9. The molecule has 2 saturated heterocycles. The van der Waals surface area contributed by atoms with Crippen LogP contribution in [0.5, 0.6) is 0 Å². The van der Waals surface area contributed by atoms with Gasteiger partial charge in [-0.25, -0.2) is 9.97 Å². The molecule has 0 N–H and O–H groups in total. The molecule has 2 aromatic heterocycles. The number of pyridine rings is 1. The normalized spacial score (nSPS) is 25.8. The summed E-state index contributed by atoms with van der Waals surface area (Å²) in [6, 6.07) is 4.07. The Hall–Kier alpha value is -1.07. The van der Waals surface area contributed by atoms with Gasteiger partial charge in [0, 0.05) is 37.6 Å². The van der Waals surface area contributed by atoms with Gasteiger partial charge in [-0.1, -0.05) is 6.42 Å². The topological polar surface area (TPSA) is 39.9 Å². The van der Waals surface area contributed by atoms with Crippen molar-refractivity contribution in [1.29, 1.82) is 0 Å². The fourth-order valence-electron chi connectivity index (χ4n) is 3.51. The van der Waals surface area contributed by atoms with E-state index in [1.807, 2.05) is 12.3 Å². The predicted octanol–water partition coefficient (Wildman–Crippen LogP) is 3.30. The molecule has 2 unspecified atom stereocenters. The quantitative estimate of drug-likeness (QED) is 0.867. The summed E-state index contributed by atoms with van der Waals surface area (Å²) in [5, 5.41) is 0.715. The van der Waals surface area contributed by atoms with Gasteiger partial charge in [-0.3, -0.25) is 0 Å². The summed E-state index contributed by atoms with van der Waals surface area (Å²) >= 11 is 2.12. The minimum Gasteiger partial charge on any atom is -0.381 e. The Kier molecular flexibility index (Phi) is 4.35. The number of imidazole rings is 1. The van der Waals surface area contributed by atoms with Crippen LogP contribution >= 0.6 is 11.8 Å². The Morgan fingerprint density at radius 1 is 1.32 bits per heavy atom. The van der Waals surface area contributed by atoms with E-state index in [1.165, 1.54) is 30.8 Å². The highest BCUT2D eigenvalue weighted by atomic mass is 32.2. The average Bonchev–Trinajstić information content (AvgIpc) is 3.18. The van der Waals surface area contributed by atoms with Gasteiger partial charge in [0.2, 0.25) is 0 Å². The first kappa shape index (κ1) is 14.5. The van der Waals surface area contributed by atoms with Gasteiger partial charge in [-0.2, -0.15) is 11.8 Å². The third-order valence-corrected chi connectivity index (χ3v) is 6.12. The minimum absolute atomic E-state index is 0.620. The molecule has 5 heteroatoms. The van der Waals surface area contributed by atoms with Crippen LogP contribution in [-0.2, 0) is 17.7 Å². The molecule has 118 valence electrons. The van der Waals surface area contributed by atoms with Gasteiger partial charge in [0.1, 0.15) is 11.3 Å². The summed E-state index contributed by atoms with van der Waals surface area (Å²) in [5.41, 5.74) is 2.10. The van der Waals surface area contributed by atoms with E-state index in [-0.39, 0.29) is 0 Å². The number of ether oxygens (including phenoxy) is 1. The van der Waals surface area contributed by atoms with E-state index < -0.39 is 0 Å². The first-order valence-corrected chi connectivity index (χ1v) is 9.44. The summed E-state index contributed by atoms with van der Waals surface area (Å²) in [7, 11) is 0. The highest BCUT2D eigenvalue weighted by Gasteiger charge is 2.23. The number of aromatic nitrogens is 3. The average molecular weight is 317 g/mol. The first-order chi connectivity index (χ1) is 10.9. The number of hydrogen-bond donors (Lipinski definition) is 0.